The van der Waals surface area contributed by atoms with Gasteiger partial charge in [-0.05, 0) is 37.6 Å². The molecule has 1 fully saturated rings. The summed E-state index contributed by atoms with van der Waals surface area (Å²) in [5.74, 6) is -0.230. The van der Waals surface area contributed by atoms with Crippen LogP contribution in [0.25, 0.3) is 5.65 Å². The third-order valence-electron chi connectivity index (χ3n) is 3.72. The minimum absolute atomic E-state index is 0.137. The van der Waals surface area contributed by atoms with Gasteiger partial charge in [-0.25, -0.2) is 4.98 Å². The molecule has 0 spiro atoms. The highest BCUT2D eigenvalue weighted by Gasteiger charge is 2.21. The summed E-state index contributed by atoms with van der Waals surface area (Å²) >= 11 is 0. The molecule has 1 N–H and O–H groups in total. The minimum atomic E-state index is -0.304. The summed E-state index contributed by atoms with van der Waals surface area (Å²) in [6.45, 7) is 4.89. The molecule has 2 aromatic rings. The van der Waals surface area contributed by atoms with Crippen LogP contribution in [0.3, 0.4) is 0 Å². The van der Waals surface area contributed by atoms with E-state index in [2.05, 4.69) is 10.3 Å². The summed E-state index contributed by atoms with van der Waals surface area (Å²) in [6.07, 6.45) is 3.96. The van der Waals surface area contributed by atoms with Crippen LogP contribution in [-0.4, -0.2) is 46.4 Å². The number of hydrogen-bond acceptors (Lipinski definition) is 4. The maximum atomic E-state index is 12.5. The Balaban J connectivity index is 2.00. The van der Waals surface area contributed by atoms with Crippen molar-refractivity contribution in [3.8, 4) is 0 Å². The van der Waals surface area contributed by atoms with Crippen LogP contribution in [0.4, 0.5) is 0 Å². The Morgan fingerprint density at radius 1 is 1.33 bits per heavy atom. The first-order valence-corrected chi connectivity index (χ1v) is 7.15. The molecular formula is C15H18N4O2. The summed E-state index contributed by atoms with van der Waals surface area (Å²) in [6, 6.07) is 3.66. The van der Waals surface area contributed by atoms with Gasteiger partial charge in [-0.1, -0.05) is 0 Å². The number of pyridine rings is 1. The highest BCUT2D eigenvalue weighted by atomic mass is 16.2. The van der Waals surface area contributed by atoms with Gasteiger partial charge in [-0.15, -0.1) is 0 Å². The van der Waals surface area contributed by atoms with Gasteiger partial charge in [0.2, 0.25) is 0 Å². The molecule has 3 rings (SSSR count). The summed E-state index contributed by atoms with van der Waals surface area (Å²) in [7, 11) is 0. The lowest BCUT2D eigenvalue weighted by Crippen LogP contribution is -2.38. The molecule has 0 saturated carbocycles. The molecule has 6 heteroatoms. The third kappa shape index (κ3) is 2.67. The maximum absolute atomic E-state index is 12.5. The van der Waals surface area contributed by atoms with E-state index in [1.54, 1.807) is 11.1 Å². The van der Waals surface area contributed by atoms with Crippen molar-refractivity contribution in [2.45, 2.75) is 13.3 Å². The van der Waals surface area contributed by atoms with Crippen LogP contribution in [0.15, 0.2) is 29.3 Å². The van der Waals surface area contributed by atoms with E-state index in [-0.39, 0.29) is 17.0 Å². The molecule has 3 heterocycles. The molecule has 6 nitrogen and oxygen atoms in total. The maximum Gasteiger partial charge on any atom is 0.270 e. The number of nitrogens with zero attached hydrogens (tertiary/aromatic N) is 3. The van der Waals surface area contributed by atoms with Crippen LogP contribution in [-0.2, 0) is 0 Å². The minimum Gasteiger partial charge on any atom is -0.337 e. The van der Waals surface area contributed by atoms with Gasteiger partial charge < -0.3 is 10.2 Å². The van der Waals surface area contributed by atoms with Crippen LogP contribution in [0.5, 0.6) is 0 Å². The highest BCUT2D eigenvalue weighted by molar-refractivity contribution is 5.93. The molecule has 1 aliphatic rings. The zero-order chi connectivity index (χ0) is 14.8. The van der Waals surface area contributed by atoms with E-state index in [0.29, 0.717) is 18.7 Å². The predicted molar refractivity (Wildman–Crippen MR) is 79.6 cm³/mol. The monoisotopic (exact) mass is 286 g/mol. The van der Waals surface area contributed by atoms with Crippen molar-refractivity contribution in [2.24, 2.45) is 0 Å². The Kier molecular flexibility index (Phi) is 3.70. The topological polar surface area (TPSA) is 66.7 Å². The van der Waals surface area contributed by atoms with Crippen molar-refractivity contribution in [3.05, 3.63) is 46.0 Å². The Hall–Kier alpha value is -2.21. The van der Waals surface area contributed by atoms with Crippen molar-refractivity contribution in [1.29, 1.82) is 0 Å². The quantitative estimate of drug-likeness (QED) is 0.826. The standard InChI is InChI=1S/C15H18N4O2/c1-11-3-7-19-13(9-11)17-10-12(15(19)21)14(20)18-6-2-4-16-5-8-18/h3,7,9-10,16H,2,4-6,8H2,1H3. The van der Waals surface area contributed by atoms with E-state index in [4.69, 9.17) is 0 Å². The van der Waals surface area contributed by atoms with E-state index >= 15 is 0 Å². The van der Waals surface area contributed by atoms with Crippen LogP contribution in [0.1, 0.15) is 22.3 Å². The molecule has 0 aromatic carbocycles. The fourth-order valence-electron chi connectivity index (χ4n) is 2.54. The summed E-state index contributed by atoms with van der Waals surface area (Å²) in [5, 5.41) is 3.24. The molecule has 1 amide bonds. The summed E-state index contributed by atoms with van der Waals surface area (Å²) in [4.78, 5) is 31.0. The van der Waals surface area contributed by atoms with Crippen molar-refractivity contribution in [3.63, 3.8) is 0 Å². The van der Waals surface area contributed by atoms with Gasteiger partial charge in [0.1, 0.15) is 11.2 Å². The SMILES string of the molecule is Cc1ccn2c(=O)c(C(=O)N3CCCNCC3)cnc2c1. The number of carbonyl (C=O) groups is 1. The van der Waals surface area contributed by atoms with Gasteiger partial charge in [-0.3, -0.25) is 14.0 Å². The lowest BCUT2D eigenvalue weighted by Gasteiger charge is -2.19. The number of amides is 1. The molecule has 2 aromatic heterocycles. The zero-order valence-electron chi connectivity index (χ0n) is 12.0. The Morgan fingerprint density at radius 2 is 2.19 bits per heavy atom. The third-order valence-corrected chi connectivity index (χ3v) is 3.72. The van der Waals surface area contributed by atoms with Crippen molar-refractivity contribution < 1.29 is 4.79 Å². The number of aromatic nitrogens is 2. The van der Waals surface area contributed by atoms with E-state index < -0.39 is 0 Å². The zero-order valence-corrected chi connectivity index (χ0v) is 12.0. The van der Waals surface area contributed by atoms with Gasteiger partial charge in [0.25, 0.3) is 11.5 Å². The van der Waals surface area contributed by atoms with Gasteiger partial charge in [0.15, 0.2) is 0 Å². The average molecular weight is 286 g/mol. The average Bonchev–Trinajstić information content (AvgIpc) is 2.76. The second-order valence-corrected chi connectivity index (χ2v) is 5.31. The predicted octanol–water partition coefficient (Wildman–Crippen LogP) is 0.438. The highest BCUT2D eigenvalue weighted by Crippen LogP contribution is 2.06. The second-order valence-electron chi connectivity index (χ2n) is 5.31. The Morgan fingerprint density at radius 3 is 3.05 bits per heavy atom. The normalized spacial score (nSPS) is 16.0. The van der Waals surface area contributed by atoms with Crippen molar-refractivity contribution in [1.82, 2.24) is 19.6 Å². The van der Waals surface area contributed by atoms with E-state index in [1.807, 2.05) is 19.1 Å². The number of rotatable bonds is 1. The van der Waals surface area contributed by atoms with Gasteiger partial charge in [-0.2, -0.15) is 0 Å². The molecule has 21 heavy (non-hydrogen) atoms. The van der Waals surface area contributed by atoms with E-state index in [0.717, 1.165) is 25.1 Å². The molecule has 110 valence electrons. The van der Waals surface area contributed by atoms with Crippen molar-refractivity contribution in [2.75, 3.05) is 26.2 Å². The second kappa shape index (κ2) is 5.65. The smallest absolute Gasteiger partial charge is 0.270 e. The Labute approximate surface area is 122 Å². The molecular weight excluding hydrogens is 268 g/mol. The number of carbonyl (C=O) groups excluding carboxylic acids is 1. The fourth-order valence-corrected chi connectivity index (χ4v) is 2.54. The van der Waals surface area contributed by atoms with Gasteiger partial charge in [0, 0.05) is 32.0 Å². The number of nitrogens with one attached hydrogen (secondary N) is 1. The van der Waals surface area contributed by atoms with E-state index in [9.17, 15) is 9.59 Å². The first-order valence-electron chi connectivity index (χ1n) is 7.15. The molecule has 1 saturated heterocycles. The lowest BCUT2D eigenvalue weighted by molar-refractivity contribution is 0.0764. The van der Waals surface area contributed by atoms with Crippen LogP contribution < -0.4 is 10.9 Å². The molecule has 0 atom stereocenters. The fraction of sp³-hybridized carbons (Fsp3) is 0.400. The first kappa shape index (κ1) is 13.8. The van der Waals surface area contributed by atoms with Crippen LogP contribution in [0.2, 0.25) is 0 Å². The lowest BCUT2D eigenvalue weighted by atomic mass is 10.2. The Bertz CT molecular complexity index is 730. The first-order chi connectivity index (χ1) is 10.2. The van der Waals surface area contributed by atoms with Gasteiger partial charge >= 0.3 is 0 Å². The molecule has 1 aliphatic heterocycles. The van der Waals surface area contributed by atoms with Crippen LogP contribution in [0, 0.1) is 6.92 Å². The summed E-state index contributed by atoms with van der Waals surface area (Å²) in [5.41, 5.74) is 1.43. The van der Waals surface area contributed by atoms with E-state index in [1.165, 1.54) is 10.6 Å². The van der Waals surface area contributed by atoms with Gasteiger partial charge in [0.05, 0.1) is 0 Å². The van der Waals surface area contributed by atoms with Crippen molar-refractivity contribution >= 4 is 11.6 Å². The number of aryl methyl sites for hydroxylation is 1. The molecule has 0 aliphatic carbocycles. The molecule has 0 unspecified atom stereocenters. The molecule has 0 radical (unpaired) electrons. The molecule has 0 bridgehead atoms. The summed E-state index contributed by atoms with van der Waals surface area (Å²) < 4.78 is 1.43. The number of hydrogen-bond donors (Lipinski definition) is 1. The largest absolute Gasteiger partial charge is 0.337 e. The van der Waals surface area contributed by atoms with Crippen LogP contribution >= 0.6 is 0 Å². The number of fused-ring (bicyclic) bond motifs is 1.